The molecule has 4 aliphatic rings. The van der Waals surface area contributed by atoms with Crippen molar-refractivity contribution in [3.63, 3.8) is 0 Å². The number of fused-ring (bicyclic) bond motifs is 13. The molecule has 0 spiro atoms. The molecule has 0 amide bonds. The minimum absolute atomic E-state index is 0.156. The molecule has 0 unspecified atom stereocenters. The second kappa shape index (κ2) is 24.4. The molecule has 14 aromatic carbocycles. The number of nitrogens with zero attached hydrogens (tertiary/aromatic N) is 3. The normalized spacial score (nSPS) is 14.8. The maximum Gasteiger partial charge on any atom is 0.494 e. The quantitative estimate of drug-likeness (QED) is 0.126. The Hall–Kier alpha value is -10.7. The fourth-order valence-corrected chi connectivity index (χ4v) is 16.8. The first-order valence-electron chi connectivity index (χ1n) is 34.1. The summed E-state index contributed by atoms with van der Waals surface area (Å²) < 4.78 is 13.6. The van der Waals surface area contributed by atoms with Gasteiger partial charge in [0.05, 0.1) is 46.1 Å². The lowest BCUT2D eigenvalue weighted by atomic mass is 9.74. The summed E-state index contributed by atoms with van der Waals surface area (Å²) in [5.41, 5.74) is 26.6. The van der Waals surface area contributed by atoms with Crippen LogP contribution in [-0.4, -0.2) is 18.3 Å². The maximum atomic E-state index is 9.68. The van der Waals surface area contributed by atoms with Crippen molar-refractivity contribution in [1.29, 1.82) is 15.8 Å². The molecule has 1 saturated heterocycles. The van der Waals surface area contributed by atoms with Crippen LogP contribution >= 0.6 is 27.5 Å². The van der Waals surface area contributed by atoms with Crippen molar-refractivity contribution in [2.75, 3.05) is 0 Å². The van der Waals surface area contributed by atoms with Gasteiger partial charge < -0.3 is 9.31 Å². The van der Waals surface area contributed by atoms with E-state index < -0.39 is 0 Å². The number of nitriles is 3. The second-order valence-electron chi connectivity index (χ2n) is 28.9. The van der Waals surface area contributed by atoms with Crippen molar-refractivity contribution in [1.82, 2.24) is 0 Å². The van der Waals surface area contributed by atoms with Crippen molar-refractivity contribution >= 4 is 83.2 Å². The van der Waals surface area contributed by atoms with Gasteiger partial charge in [0.2, 0.25) is 0 Å². The van der Waals surface area contributed by atoms with E-state index in [-0.39, 0.29) is 29.2 Å². The van der Waals surface area contributed by atoms with Crippen molar-refractivity contribution in [3.05, 3.63) is 314 Å². The molecule has 0 saturated carbocycles. The van der Waals surface area contributed by atoms with E-state index in [9.17, 15) is 15.8 Å². The molecular weight excluding hydrogens is 1310 g/mol. The lowest BCUT2D eigenvalue weighted by molar-refractivity contribution is 0.00578. The van der Waals surface area contributed by atoms with E-state index in [1.807, 2.05) is 42.5 Å². The first kappa shape index (κ1) is 64.0. The highest BCUT2D eigenvalue weighted by Crippen LogP contribution is 2.54. The minimum atomic E-state index is -0.362. The first-order chi connectivity index (χ1) is 48.2. The van der Waals surface area contributed by atoms with Gasteiger partial charge in [0.25, 0.3) is 0 Å². The van der Waals surface area contributed by atoms with E-state index in [1.165, 1.54) is 154 Å². The summed E-state index contributed by atoms with van der Waals surface area (Å²) in [6.07, 6.45) is 0.835. The largest absolute Gasteiger partial charge is 0.494 e. The van der Waals surface area contributed by atoms with Crippen LogP contribution in [-0.2, 0) is 26.6 Å². The third kappa shape index (κ3) is 10.6. The number of halogens is 2. The Bertz CT molecular complexity index is 5900. The summed E-state index contributed by atoms with van der Waals surface area (Å²) in [6, 6.07) is 97.0. The van der Waals surface area contributed by atoms with Gasteiger partial charge in [-0.2, -0.15) is 15.8 Å². The zero-order valence-corrected chi connectivity index (χ0v) is 59.3. The van der Waals surface area contributed by atoms with Crippen LogP contribution < -0.4 is 5.46 Å². The van der Waals surface area contributed by atoms with Crippen LogP contribution in [0, 0.1) is 34.0 Å². The van der Waals surface area contributed by atoms with Crippen molar-refractivity contribution in [2.45, 2.75) is 83.8 Å². The molecule has 5 nitrogen and oxygen atoms in total. The lowest BCUT2D eigenvalue weighted by Crippen LogP contribution is -2.41. The molecule has 1 fully saturated rings. The third-order valence-corrected chi connectivity index (χ3v) is 23.0. The average molecular weight is 1370 g/mol. The zero-order chi connectivity index (χ0) is 69.1. The summed E-state index contributed by atoms with van der Waals surface area (Å²) in [7, 11) is -0.362. The number of benzene rings is 14. The van der Waals surface area contributed by atoms with E-state index >= 15 is 0 Å². The van der Waals surface area contributed by atoms with E-state index in [4.69, 9.17) is 20.9 Å². The molecule has 0 N–H and O–H groups in total. The monoisotopic (exact) mass is 1370 g/mol. The summed E-state index contributed by atoms with van der Waals surface area (Å²) in [5.74, 6) is 0. The van der Waals surface area contributed by atoms with Crippen molar-refractivity contribution < 1.29 is 9.31 Å². The second-order valence-corrected chi connectivity index (χ2v) is 30.1. The molecule has 480 valence electrons. The zero-order valence-electron chi connectivity index (χ0n) is 56.9. The van der Waals surface area contributed by atoms with Crippen LogP contribution in [0.15, 0.2) is 259 Å². The number of rotatable bonds is 5. The molecule has 1 aliphatic heterocycles. The Kier molecular flexibility index (Phi) is 15.6. The van der Waals surface area contributed by atoms with Gasteiger partial charge in [0, 0.05) is 20.3 Å². The van der Waals surface area contributed by atoms with Crippen molar-refractivity contribution in [2.24, 2.45) is 0 Å². The molecule has 0 aromatic heterocycles. The molecule has 100 heavy (non-hydrogen) atoms. The van der Waals surface area contributed by atoms with Gasteiger partial charge in [-0.3, -0.25) is 0 Å². The van der Waals surface area contributed by atoms with E-state index in [1.54, 1.807) is 0 Å². The lowest BCUT2D eigenvalue weighted by Gasteiger charge is -2.32. The van der Waals surface area contributed by atoms with Crippen LogP contribution in [0.2, 0.25) is 5.02 Å². The molecule has 3 aliphatic carbocycles. The molecule has 8 heteroatoms. The predicted octanol–water partition coefficient (Wildman–Crippen LogP) is 23.9. The number of hydrogen-bond acceptors (Lipinski definition) is 5. The van der Waals surface area contributed by atoms with Gasteiger partial charge in [-0.05, 0) is 271 Å². The van der Waals surface area contributed by atoms with Gasteiger partial charge >= 0.3 is 7.12 Å². The smallest absolute Gasteiger partial charge is 0.399 e. The maximum absolute atomic E-state index is 9.68. The fraction of sp³-hybridized carbons (Fsp3) is 0.141. The minimum Gasteiger partial charge on any atom is -0.399 e. The van der Waals surface area contributed by atoms with Crippen LogP contribution in [0.4, 0.5) is 0 Å². The molecule has 14 aromatic rings. The molecular formula is C92H68BBrClN3O2. The molecule has 18 rings (SSSR count). The van der Waals surface area contributed by atoms with Gasteiger partial charge in [0.15, 0.2) is 0 Å². The van der Waals surface area contributed by atoms with Crippen LogP contribution in [0.3, 0.4) is 0 Å². The van der Waals surface area contributed by atoms with E-state index in [2.05, 4.69) is 302 Å². The highest BCUT2D eigenvalue weighted by atomic mass is 79.9. The predicted molar refractivity (Wildman–Crippen MR) is 417 cm³/mol. The van der Waals surface area contributed by atoms with Gasteiger partial charge in [-0.1, -0.05) is 233 Å². The van der Waals surface area contributed by atoms with Gasteiger partial charge in [-0.25, -0.2) is 0 Å². The Morgan fingerprint density at radius 3 is 1.28 bits per heavy atom. The SMILES string of the molecule is CC1(C)c2cc(C#N)ccc2-c2ccc(-c3c4ccccc4c(-c4ccccc4)c4cc(-c5ccc6c(c5)Cc5cc(C#N)ccc5-6)ccc34)cc21.CC1(C)c2cc(C#N)ccc2-c2ccc(B3OC(C)(C)C(C)(C)O3)cc21.Clc1ccc2c(Br)c3ccccc3c(-c3ccccc3)c2c1. The Labute approximate surface area is 598 Å². The standard InChI is InChI=1S/C50H32N2.C22H24BNO2.C20H12BrCl/c1-50(2)46-23-31(29-52)13-18-40(46)41-20-16-35(27-47(41)50)49-43-11-7-6-10-42(43)48(32-8-4-3-5-9-32)45-26-34(15-21-44(45)49)33-14-19-39-37(24-33)25-36-22-30(28-51)12-17-38(36)39;1-20(2)18-11-14(13-24)7-9-16(18)17-10-8-15(12-19(17)20)23-25-21(3,4)22(5,6)26-23;21-20-16-9-5-4-8-15(16)19(13-6-2-1-3-7-13)18-12-14(22)10-11-17(18)20/h3-24,26-27H,25H2,1-2H3;7-12H,1-6H3;1-12H. The molecule has 0 radical (unpaired) electrons. The topological polar surface area (TPSA) is 89.8 Å². The highest BCUT2D eigenvalue weighted by molar-refractivity contribution is 9.10. The average Bonchev–Trinajstić information content (AvgIpc) is 1.30. The Morgan fingerprint density at radius 2 is 0.720 bits per heavy atom. The number of hydrogen-bond donors (Lipinski definition) is 0. The van der Waals surface area contributed by atoms with E-state index in [0.717, 1.165) is 21.4 Å². The Morgan fingerprint density at radius 1 is 0.340 bits per heavy atom. The molecule has 1 heterocycles. The fourth-order valence-electron chi connectivity index (χ4n) is 16.0. The summed E-state index contributed by atoms with van der Waals surface area (Å²) in [5, 5.41) is 38.9. The molecule has 0 atom stereocenters. The van der Waals surface area contributed by atoms with Gasteiger partial charge in [-0.15, -0.1) is 0 Å². The van der Waals surface area contributed by atoms with Crippen LogP contribution in [0.1, 0.15) is 105 Å². The molecule has 0 bridgehead atoms. The summed E-state index contributed by atoms with van der Waals surface area (Å²) >= 11 is 10.0. The van der Waals surface area contributed by atoms with Crippen LogP contribution in [0.25, 0.3) is 121 Å². The summed E-state index contributed by atoms with van der Waals surface area (Å²) in [4.78, 5) is 0. The van der Waals surface area contributed by atoms with Crippen molar-refractivity contribution in [3.8, 4) is 96.1 Å². The highest BCUT2D eigenvalue weighted by Gasteiger charge is 2.52. The Balaban J connectivity index is 0.000000134. The van der Waals surface area contributed by atoms with Crippen LogP contribution in [0.5, 0.6) is 0 Å². The third-order valence-electron chi connectivity index (χ3n) is 21.9. The summed E-state index contributed by atoms with van der Waals surface area (Å²) in [6.45, 7) is 17.3. The van der Waals surface area contributed by atoms with E-state index in [0.29, 0.717) is 16.7 Å². The van der Waals surface area contributed by atoms with Gasteiger partial charge in [0.1, 0.15) is 0 Å². The first-order valence-corrected chi connectivity index (χ1v) is 35.2.